The first-order valence-electron chi connectivity index (χ1n) is 6.24. The van der Waals surface area contributed by atoms with Crippen molar-refractivity contribution in [2.75, 3.05) is 19.8 Å². The molecule has 1 aliphatic heterocycles. The van der Waals surface area contributed by atoms with E-state index in [1.165, 1.54) is 0 Å². The van der Waals surface area contributed by atoms with Crippen LogP contribution in [-0.4, -0.2) is 56.0 Å². The molecule has 0 radical (unpaired) electrons. The second kappa shape index (κ2) is 6.61. The standard InChI is InChI=1S/C11H12F10O2/c12-7(1-2-9(15,16)17)10(18,19)11(20,21)8(13,14)5-22-3-6-4-23-6/h6-7H,1-5H2. The Morgan fingerprint density at radius 2 is 1.52 bits per heavy atom. The van der Waals surface area contributed by atoms with Crippen LogP contribution >= 0.6 is 0 Å². The normalized spacial score (nSPS) is 21.4. The molecule has 2 nitrogen and oxygen atoms in total. The van der Waals surface area contributed by atoms with Gasteiger partial charge in [0.1, 0.15) is 12.7 Å². The van der Waals surface area contributed by atoms with Gasteiger partial charge in [0.05, 0.1) is 13.2 Å². The molecular weight excluding hydrogens is 354 g/mol. The molecule has 1 rings (SSSR count). The minimum atomic E-state index is -6.23. The summed E-state index contributed by atoms with van der Waals surface area (Å²) in [5.41, 5.74) is 0. The van der Waals surface area contributed by atoms with Crippen LogP contribution in [0.25, 0.3) is 0 Å². The van der Waals surface area contributed by atoms with Crippen LogP contribution in [0.3, 0.4) is 0 Å². The summed E-state index contributed by atoms with van der Waals surface area (Å²) in [6, 6.07) is 0. The largest absolute Gasteiger partial charge is 0.389 e. The molecule has 0 aromatic rings. The van der Waals surface area contributed by atoms with Crippen molar-refractivity contribution >= 4 is 0 Å². The first-order chi connectivity index (χ1) is 10.2. The average molecular weight is 366 g/mol. The van der Waals surface area contributed by atoms with E-state index in [2.05, 4.69) is 9.47 Å². The van der Waals surface area contributed by atoms with Crippen molar-refractivity contribution in [3.8, 4) is 0 Å². The van der Waals surface area contributed by atoms with Gasteiger partial charge >= 0.3 is 23.9 Å². The maximum absolute atomic E-state index is 13.3. The van der Waals surface area contributed by atoms with Gasteiger partial charge in [-0.2, -0.15) is 39.5 Å². The predicted octanol–water partition coefficient (Wildman–Crippen LogP) is 3.99. The second-order valence-corrected chi connectivity index (χ2v) is 4.99. The first kappa shape index (κ1) is 20.3. The predicted molar refractivity (Wildman–Crippen MR) is 55.6 cm³/mol. The zero-order chi connectivity index (χ0) is 18.1. The smallest absolute Gasteiger partial charge is 0.372 e. The van der Waals surface area contributed by atoms with Gasteiger partial charge in [0.15, 0.2) is 6.17 Å². The van der Waals surface area contributed by atoms with E-state index in [0.29, 0.717) is 0 Å². The Labute approximate surface area is 123 Å². The van der Waals surface area contributed by atoms with E-state index in [1.807, 2.05) is 0 Å². The molecule has 0 saturated carbocycles. The number of hydrogen-bond acceptors (Lipinski definition) is 2. The lowest BCUT2D eigenvalue weighted by atomic mass is 9.98. The van der Waals surface area contributed by atoms with Gasteiger partial charge in [-0.1, -0.05) is 0 Å². The third kappa shape index (κ3) is 5.10. The molecule has 2 atom stereocenters. The molecule has 0 spiro atoms. The number of halogens is 10. The third-order valence-corrected chi connectivity index (χ3v) is 2.94. The Balaban J connectivity index is 2.71. The van der Waals surface area contributed by atoms with Crippen LogP contribution in [0.15, 0.2) is 0 Å². The Kier molecular flexibility index (Phi) is 5.83. The molecule has 138 valence electrons. The highest BCUT2D eigenvalue weighted by molar-refractivity contribution is 5.00. The summed E-state index contributed by atoms with van der Waals surface area (Å²) < 4.78 is 136. The molecule has 12 heteroatoms. The zero-order valence-corrected chi connectivity index (χ0v) is 11.3. The minimum Gasteiger partial charge on any atom is -0.372 e. The quantitative estimate of drug-likeness (QED) is 0.455. The van der Waals surface area contributed by atoms with E-state index in [-0.39, 0.29) is 6.61 Å². The number of rotatable bonds is 9. The van der Waals surface area contributed by atoms with Gasteiger partial charge in [-0.25, -0.2) is 4.39 Å². The van der Waals surface area contributed by atoms with Crippen LogP contribution in [0.2, 0.25) is 0 Å². The highest BCUT2D eigenvalue weighted by Crippen LogP contribution is 2.49. The summed E-state index contributed by atoms with van der Waals surface area (Å²) in [6.45, 7) is -2.58. The van der Waals surface area contributed by atoms with Gasteiger partial charge in [0.25, 0.3) is 0 Å². The van der Waals surface area contributed by atoms with Crippen molar-refractivity contribution in [1.29, 1.82) is 0 Å². The van der Waals surface area contributed by atoms with Gasteiger partial charge in [0, 0.05) is 6.42 Å². The van der Waals surface area contributed by atoms with Crippen LogP contribution in [0.1, 0.15) is 12.8 Å². The summed E-state index contributed by atoms with van der Waals surface area (Å²) in [4.78, 5) is 0. The molecule has 0 amide bonds. The Bertz CT molecular complexity index is 391. The van der Waals surface area contributed by atoms with E-state index in [9.17, 15) is 43.9 Å². The molecule has 0 aromatic heterocycles. The average Bonchev–Trinajstić information content (AvgIpc) is 3.18. The number of alkyl halides is 10. The molecule has 1 aliphatic rings. The fraction of sp³-hybridized carbons (Fsp3) is 1.00. The summed E-state index contributed by atoms with van der Waals surface area (Å²) in [5.74, 6) is -17.7. The topological polar surface area (TPSA) is 21.8 Å². The number of ether oxygens (including phenoxy) is 2. The number of epoxide rings is 1. The lowest BCUT2D eigenvalue weighted by Crippen LogP contribution is -2.60. The minimum absolute atomic E-state index is 0.127. The van der Waals surface area contributed by atoms with E-state index >= 15 is 0 Å². The van der Waals surface area contributed by atoms with E-state index in [4.69, 9.17) is 0 Å². The van der Waals surface area contributed by atoms with Gasteiger partial charge in [0.2, 0.25) is 0 Å². The Morgan fingerprint density at radius 1 is 1.00 bits per heavy atom. The highest BCUT2D eigenvalue weighted by Gasteiger charge is 2.74. The van der Waals surface area contributed by atoms with Gasteiger partial charge < -0.3 is 9.47 Å². The second-order valence-electron chi connectivity index (χ2n) is 4.99. The molecule has 1 heterocycles. The van der Waals surface area contributed by atoms with Crippen molar-refractivity contribution in [1.82, 2.24) is 0 Å². The van der Waals surface area contributed by atoms with Gasteiger partial charge in [-0.05, 0) is 6.42 Å². The van der Waals surface area contributed by atoms with Crippen molar-refractivity contribution < 1.29 is 53.4 Å². The van der Waals surface area contributed by atoms with Crippen LogP contribution < -0.4 is 0 Å². The number of hydrogen-bond donors (Lipinski definition) is 0. The SMILES string of the molecule is FC(CCC(F)(F)F)C(F)(F)C(F)(F)C(F)(F)COCC1CO1. The molecule has 0 aromatic carbocycles. The van der Waals surface area contributed by atoms with Gasteiger partial charge in [-0.3, -0.25) is 0 Å². The monoisotopic (exact) mass is 366 g/mol. The summed E-state index contributed by atoms with van der Waals surface area (Å²) >= 11 is 0. The first-order valence-corrected chi connectivity index (χ1v) is 6.24. The van der Waals surface area contributed by atoms with E-state index in [1.54, 1.807) is 0 Å². The highest BCUT2D eigenvalue weighted by atomic mass is 19.4. The fourth-order valence-electron chi connectivity index (χ4n) is 1.49. The molecule has 23 heavy (non-hydrogen) atoms. The van der Waals surface area contributed by atoms with Crippen LogP contribution in [0.5, 0.6) is 0 Å². The molecular formula is C11H12F10O2. The summed E-state index contributed by atoms with van der Waals surface area (Å²) in [7, 11) is 0. The van der Waals surface area contributed by atoms with Crippen molar-refractivity contribution in [3.63, 3.8) is 0 Å². The molecule has 1 saturated heterocycles. The molecule has 1 fully saturated rings. The van der Waals surface area contributed by atoms with Crippen molar-refractivity contribution in [3.05, 3.63) is 0 Å². The maximum Gasteiger partial charge on any atom is 0.389 e. The summed E-state index contributed by atoms with van der Waals surface area (Å²) in [6.07, 6.45) is -14.0. The summed E-state index contributed by atoms with van der Waals surface area (Å²) in [5, 5.41) is 0. The fourth-order valence-corrected chi connectivity index (χ4v) is 1.49. The van der Waals surface area contributed by atoms with Crippen LogP contribution in [-0.2, 0) is 9.47 Å². The third-order valence-electron chi connectivity index (χ3n) is 2.94. The lowest BCUT2D eigenvalue weighted by Gasteiger charge is -2.34. The molecule has 0 N–H and O–H groups in total. The molecule has 2 unspecified atom stereocenters. The molecule has 0 aliphatic carbocycles. The lowest BCUT2D eigenvalue weighted by molar-refractivity contribution is -0.335. The van der Waals surface area contributed by atoms with Crippen molar-refractivity contribution in [2.45, 2.75) is 49.1 Å². The van der Waals surface area contributed by atoms with E-state index < -0.39 is 62.3 Å². The van der Waals surface area contributed by atoms with E-state index in [0.717, 1.165) is 0 Å². The van der Waals surface area contributed by atoms with Crippen LogP contribution in [0.4, 0.5) is 43.9 Å². The molecule has 0 bridgehead atoms. The van der Waals surface area contributed by atoms with Crippen LogP contribution in [0, 0.1) is 0 Å². The van der Waals surface area contributed by atoms with Gasteiger partial charge in [-0.15, -0.1) is 0 Å². The zero-order valence-electron chi connectivity index (χ0n) is 11.3. The maximum atomic E-state index is 13.3. The Hall–Kier alpha value is -0.780. The Morgan fingerprint density at radius 3 is 1.96 bits per heavy atom. The van der Waals surface area contributed by atoms with Crippen molar-refractivity contribution in [2.24, 2.45) is 0 Å².